The summed E-state index contributed by atoms with van der Waals surface area (Å²) in [6.45, 7) is 0.803. The van der Waals surface area contributed by atoms with Gasteiger partial charge < -0.3 is 15.2 Å². The van der Waals surface area contributed by atoms with Crippen LogP contribution in [-0.4, -0.2) is 13.3 Å². The molecular formula is C10H10BrNO2. The third-order valence-electron chi connectivity index (χ3n) is 1.90. The number of halogens is 1. The Morgan fingerprint density at radius 1 is 1.43 bits per heavy atom. The number of fused-ring (bicyclic) bond motifs is 1. The Balaban J connectivity index is 2.43. The average Bonchev–Trinajstić information content (AvgIpc) is 2.61. The van der Waals surface area contributed by atoms with Crippen molar-refractivity contribution in [1.29, 1.82) is 0 Å². The van der Waals surface area contributed by atoms with E-state index in [0.29, 0.717) is 6.54 Å². The van der Waals surface area contributed by atoms with Gasteiger partial charge in [-0.15, -0.1) is 0 Å². The summed E-state index contributed by atoms with van der Waals surface area (Å²) in [5, 5.41) is 0. The van der Waals surface area contributed by atoms with Gasteiger partial charge in [-0.1, -0.05) is 28.1 Å². The Morgan fingerprint density at radius 2 is 2.29 bits per heavy atom. The molecule has 2 rings (SSSR count). The van der Waals surface area contributed by atoms with Crippen LogP contribution in [-0.2, 0) is 0 Å². The molecule has 0 atom stereocenters. The lowest BCUT2D eigenvalue weighted by Crippen LogP contribution is -1.94. The van der Waals surface area contributed by atoms with E-state index in [2.05, 4.69) is 15.9 Å². The van der Waals surface area contributed by atoms with Crippen LogP contribution in [0.4, 0.5) is 0 Å². The monoisotopic (exact) mass is 255 g/mol. The minimum Gasteiger partial charge on any atom is -0.454 e. The van der Waals surface area contributed by atoms with E-state index >= 15 is 0 Å². The number of hydrogen-bond acceptors (Lipinski definition) is 3. The standard InChI is InChI=1S/C10H10BrNO2/c11-8-4-7(2-1-3-12)10-9(5-8)13-6-14-10/h1-2,4-5H,3,6,12H2/b2-1+. The number of hydrogen-bond donors (Lipinski definition) is 1. The van der Waals surface area contributed by atoms with Crippen molar-refractivity contribution in [2.45, 2.75) is 0 Å². The van der Waals surface area contributed by atoms with Crippen LogP contribution in [0.3, 0.4) is 0 Å². The van der Waals surface area contributed by atoms with Gasteiger partial charge in [-0.2, -0.15) is 0 Å². The van der Waals surface area contributed by atoms with E-state index in [1.165, 1.54) is 0 Å². The van der Waals surface area contributed by atoms with Gasteiger partial charge in [0.15, 0.2) is 11.5 Å². The van der Waals surface area contributed by atoms with Crippen LogP contribution in [0.5, 0.6) is 11.5 Å². The van der Waals surface area contributed by atoms with Gasteiger partial charge in [0.25, 0.3) is 0 Å². The molecule has 0 fully saturated rings. The van der Waals surface area contributed by atoms with Crippen molar-refractivity contribution in [2.24, 2.45) is 5.73 Å². The fourth-order valence-corrected chi connectivity index (χ4v) is 1.78. The summed E-state index contributed by atoms with van der Waals surface area (Å²) in [5.74, 6) is 1.56. The summed E-state index contributed by atoms with van der Waals surface area (Å²) >= 11 is 3.41. The molecule has 0 radical (unpaired) electrons. The lowest BCUT2D eigenvalue weighted by atomic mass is 10.1. The van der Waals surface area contributed by atoms with E-state index in [1.54, 1.807) is 0 Å². The van der Waals surface area contributed by atoms with E-state index in [-0.39, 0.29) is 6.79 Å². The molecule has 0 unspecified atom stereocenters. The van der Waals surface area contributed by atoms with Crippen molar-refractivity contribution in [3.05, 3.63) is 28.2 Å². The molecule has 0 saturated heterocycles. The van der Waals surface area contributed by atoms with Gasteiger partial charge in [-0.05, 0) is 12.1 Å². The highest BCUT2D eigenvalue weighted by molar-refractivity contribution is 9.10. The Kier molecular flexibility index (Phi) is 2.74. The molecule has 4 heteroatoms. The summed E-state index contributed by atoms with van der Waals surface area (Å²) in [6.07, 6.45) is 3.81. The molecule has 0 amide bonds. The fraction of sp³-hybridized carbons (Fsp3) is 0.200. The van der Waals surface area contributed by atoms with Gasteiger partial charge in [0.05, 0.1) is 0 Å². The topological polar surface area (TPSA) is 44.5 Å². The maximum absolute atomic E-state index is 5.39. The van der Waals surface area contributed by atoms with Crippen LogP contribution in [0.15, 0.2) is 22.7 Å². The molecule has 14 heavy (non-hydrogen) atoms. The van der Waals surface area contributed by atoms with Crippen LogP contribution in [0, 0.1) is 0 Å². The van der Waals surface area contributed by atoms with Gasteiger partial charge in [0.2, 0.25) is 6.79 Å². The summed E-state index contributed by atoms with van der Waals surface area (Å²) in [4.78, 5) is 0. The van der Waals surface area contributed by atoms with E-state index in [0.717, 1.165) is 21.5 Å². The molecule has 74 valence electrons. The van der Waals surface area contributed by atoms with Crippen molar-refractivity contribution in [2.75, 3.05) is 13.3 Å². The summed E-state index contributed by atoms with van der Waals surface area (Å²) in [7, 11) is 0. The zero-order valence-corrected chi connectivity index (χ0v) is 9.08. The van der Waals surface area contributed by atoms with Crippen LogP contribution in [0.1, 0.15) is 5.56 Å². The molecule has 1 aromatic carbocycles. The summed E-state index contributed by atoms with van der Waals surface area (Å²) in [5.41, 5.74) is 6.37. The summed E-state index contributed by atoms with van der Waals surface area (Å²) in [6, 6.07) is 3.86. The largest absolute Gasteiger partial charge is 0.454 e. The minimum absolute atomic E-state index is 0.287. The quantitative estimate of drug-likeness (QED) is 0.881. The van der Waals surface area contributed by atoms with Gasteiger partial charge in [-0.3, -0.25) is 0 Å². The first-order valence-electron chi connectivity index (χ1n) is 4.27. The van der Waals surface area contributed by atoms with Crippen LogP contribution in [0.2, 0.25) is 0 Å². The molecular weight excluding hydrogens is 246 g/mol. The zero-order chi connectivity index (χ0) is 9.97. The maximum Gasteiger partial charge on any atom is 0.231 e. The van der Waals surface area contributed by atoms with Gasteiger partial charge >= 0.3 is 0 Å². The van der Waals surface area contributed by atoms with Gasteiger partial charge in [0.1, 0.15) is 0 Å². The normalized spacial score (nSPS) is 13.9. The van der Waals surface area contributed by atoms with Crippen LogP contribution < -0.4 is 15.2 Å². The lowest BCUT2D eigenvalue weighted by Gasteiger charge is -2.01. The Hall–Kier alpha value is -1.00. The molecule has 0 aliphatic carbocycles. The predicted octanol–water partition coefficient (Wildman–Crippen LogP) is 2.15. The first kappa shape index (κ1) is 9.55. The van der Waals surface area contributed by atoms with Crippen molar-refractivity contribution in [1.82, 2.24) is 0 Å². The van der Waals surface area contributed by atoms with Crippen molar-refractivity contribution in [3.8, 4) is 11.5 Å². The molecule has 0 aromatic heterocycles. The average molecular weight is 256 g/mol. The fourth-order valence-electron chi connectivity index (χ4n) is 1.32. The Bertz CT molecular complexity index is 377. The molecule has 1 aliphatic heterocycles. The third-order valence-corrected chi connectivity index (χ3v) is 2.36. The van der Waals surface area contributed by atoms with Gasteiger partial charge in [0, 0.05) is 16.6 Å². The predicted molar refractivity (Wildman–Crippen MR) is 58.4 cm³/mol. The highest BCUT2D eigenvalue weighted by Gasteiger charge is 2.16. The van der Waals surface area contributed by atoms with Crippen LogP contribution >= 0.6 is 15.9 Å². The third kappa shape index (κ3) is 1.76. The smallest absolute Gasteiger partial charge is 0.231 e. The SMILES string of the molecule is NC/C=C/c1cc(Br)cc2c1OCO2. The second-order valence-electron chi connectivity index (χ2n) is 2.87. The zero-order valence-electron chi connectivity index (χ0n) is 7.50. The molecule has 0 spiro atoms. The van der Waals surface area contributed by atoms with Crippen molar-refractivity contribution >= 4 is 22.0 Å². The van der Waals surface area contributed by atoms with Gasteiger partial charge in [-0.25, -0.2) is 0 Å². The maximum atomic E-state index is 5.39. The van der Waals surface area contributed by atoms with Crippen molar-refractivity contribution < 1.29 is 9.47 Å². The molecule has 1 heterocycles. The molecule has 3 nitrogen and oxygen atoms in total. The highest BCUT2D eigenvalue weighted by atomic mass is 79.9. The van der Waals surface area contributed by atoms with E-state index in [9.17, 15) is 0 Å². The molecule has 2 N–H and O–H groups in total. The first-order chi connectivity index (χ1) is 6.81. The number of ether oxygens (including phenoxy) is 2. The summed E-state index contributed by atoms with van der Waals surface area (Å²) < 4.78 is 11.6. The molecule has 1 aromatic rings. The Morgan fingerprint density at radius 3 is 3.07 bits per heavy atom. The second kappa shape index (κ2) is 4.02. The van der Waals surface area contributed by atoms with Crippen LogP contribution in [0.25, 0.3) is 6.08 Å². The number of benzene rings is 1. The molecule has 0 bridgehead atoms. The molecule has 0 saturated carbocycles. The minimum atomic E-state index is 0.287. The van der Waals surface area contributed by atoms with E-state index < -0.39 is 0 Å². The number of nitrogens with two attached hydrogens (primary N) is 1. The second-order valence-corrected chi connectivity index (χ2v) is 3.78. The lowest BCUT2D eigenvalue weighted by molar-refractivity contribution is 0.173. The van der Waals surface area contributed by atoms with E-state index in [1.807, 2.05) is 24.3 Å². The highest BCUT2D eigenvalue weighted by Crippen LogP contribution is 2.38. The van der Waals surface area contributed by atoms with E-state index in [4.69, 9.17) is 15.2 Å². The Labute approximate surface area is 90.6 Å². The first-order valence-corrected chi connectivity index (χ1v) is 5.06. The van der Waals surface area contributed by atoms with Crippen molar-refractivity contribution in [3.63, 3.8) is 0 Å². The number of rotatable bonds is 2. The molecule has 1 aliphatic rings.